The first kappa shape index (κ1) is 24.0. The van der Waals surface area contributed by atoms with Crippen LogP contribution >= 0.6 is 24.8 Å². The van der Waals surface area contributed by atoms with E-state index in [0.717, 1.165) is 57.5 Å². The van der Waals surface area contributed by atoms with Crippen molar-refractivity contribution in [1.82, 2.24) is 10.6 Å². The SMILES string of the molecule is CCCN(CC)c1ccc(C(=O)NCC2(C)CCNCC2)cc1.Cl.Cl. The largest absolute Gasteiger partial charge is 0.372 e. The van der Waals surface area contributed by atoms with Crippen molar-refractivity contribution in [3.05, 3.63) is 29.8 Å². The van der Waals surface area contributed by atoms with Gasteiger partial charge in [-0.05, 0) is 69.0 Å². The van der Waals surface area contributed by atoms with Gasteiger partial charge >= 0.3 is 0 Å². The van der Waals surface area contributed by atoms with Crippen molar-refractivity contribution < 1.29 is 4.79 Å². The summed E-state index contributed by atoms with van der Waals surface area (Å²) in [6, 6.07) is 7.99. The lowest BCUT2D eigenvalue weighted by Crippen LogP contribution is -2.42. The van der Waals surface area contributed by atoms with E-state index in [2.05, 4.69) is 48.4 Å². The summed E-state index contributed by atoms with van der Waals surface area (Å²) in [5.41, 5.74) is 2.16. The number of nitrogens with zero attached hydrogens (tertiary/aromatic N) is 1. The average Bonchev–Trinajstić information content (AvgIpc) is 2.58. The number of carbonyl (C=O) groups excluding carboxylic acids is 1. The van der Waals surface area contributed by atoms with E-state index in [1.54, 1.807) is 0 Å². The highest BCUT2D eigenvalue weighted by molar-refractivity contribution is 5.94. The van der Waals surface area contributed by atoms with E-state index in [9.17, 15) is 4.79 Å². The molecule has 1 saturated heterocycles. The molecule has 0 aromatic heterocycles. The standard InChI is InChI=1S/C19H31N3O.2ClH/c1-4-14-22(5-2)17-8-6-16(7-9-17)18(23)21-15-19(3)10-12-20-13-11-19;;/h6-9,20H,4-5,10-15H2,1-3H3,(H,21,23);2*1H. The average molecular weight is 390 g/mol. The number of halogens is 2. The van der Waals surface area contributed by atoms with Gasteiger partial charge in [-0.1, -0.05) is 13.8 Å². The van der Waals surface area contributed by atoms with Gasteiger partial charge in [0.25, 0.3) is 5.91 Å². The summed E-state index contributed by atoms with van der Waals surface area (Å²) >= 11 is 0. The van der Waals surface area contributed by atoms with Crippen LogP contribution in [0.3, 0.4) is 0 Å². The second-order valence-corrected chi connectivity index (χ2v) is 6.87. The van der Waals surface area contributed by atoms with E-state index in [1.165, 1.54) is 5.69 Å². The van der Waals surface area contributed by atoms with Crippen LogP contribution in [0.15, 0.2) is 24.3 Å². The highest BCUT2D eigenvalue weighted by Gasteiger charge is 2.27. The Kier molecular flexibility index (Phi) is 11.2. The predicted molar refractivity (Wildman–Crippen MR) is 112 cm³/mol. The second-order valence-electron chi connectivity index (χ2n) is 6.87. The Hall–Kier alpha value is -0.970. The molecule has 1 amide bonds. The normalized spacial score (nSPS) is 15.5. The molecule has 2 N–H and O–H groups in total. The summed E-state index contributed by atoms with van der Waals surface area (Å²) in [6.07, 6.45) is 3.37. The lowest BCUT2D eigenvalue weighted by molar-refractivity contribution is 0.0922. The Bertz CT molecular complexity index is 502. The summed E-state index contributed by atoms with van der Waals surface area (Å²) in [6.45, 7) is 11.5. The molecule has 1 aromatic rings. The zero-order valence-electron chi connectivity index (χ0n) is 15.6. The van der Waals surface area contributed by atoms with Crippen molar-refractivity contribution in [2.75, 3.05) is 37.6 Å². The van der Waals surface area contributed by atoms with Gasteiger partial charge in [-0.2, -0.15) is 0 Å². The quantitative estimate of drug-likeness (QED) is 0.743. The zero-order chi connectivity index (χ0) is 16.7. The maximum atomic E-state index is 12.4. The highest BCUT2D eigenvalue weighted by atomic mass is 35.5. The lowest BCUT2D eigenvalue weighted by atomic mass is 9.81. The Morgan fingerprint density at radius 1 is 1.16 bits per heavy atom. The van der Waals surface area contributed by atoms with E-state index in [-0.39, 0.29) is 36.1 Å². The topological polar surface area (TPSA) is 44.4 Å². The van der Waals surface area contributed by atoms with Crippen LogP contribution in [0.4, 0.5) is 5.69 Å². The number of hydrogen-bond acceptors (Lipinski definition) is 3. The summed E-state index contributed by atoms with van der Waals surface area (Å²) in [5, 5.41) is 6.49. The number of rotatable bonds is 7. The van der Waals surface area contributed by atoms with Crippen LogP contribution in [-0.4, -0.2) is 38.6 Å². The van der Waals surface area contributed by atoms with Crippen molar-refractivity contribution in [1.29, 1.82) is 0 Å². The molecule has 1 aliphatic heterocycles. The lowest BCUT2D eigenvalue weighted by Gasteiger charge is -2.34. The van der Waals surface area contributed by atoms with Gasteiger partial charge in [-0.25, -0.2) is 0 Å². The van der Waals surface area contributed by atoms with Crippen molar-refractivity contribution in [2.24, 2.45) is 5.41 Å². The van der Waals surface area contributed by atoms with Gasteiger partial charge < -0.3 is 15.5 Å². The fraction of sp³-hybridized carbons (Fsp3) is 0.632. The van der Waals surface area contributed by atoms with E-state index in [4.69, 9.17) is 0 Å². The molecule has 0 spiro atoms. The Balaban J connectivity index is 0.00000288. The van der Waals surface area contributed by atoms with Crippen LogP contribution in [0.25, 0.3) is 0 Å². The molecule has 0 saturated carbocycles. The molecule has 2 rings (SSSR count). The van der Waals surface area contributed by atoms with Crippen LogP contribution in [0.2, 0.25) is 0 Å². The number of benzene rings is 1. The van der Waals surface area contributed by atoms with E-state index in [1.807, 2.05) is 12.1 Å². The third-order valence-corrected chi connectivity index (χ3v) is 4.86. The van der Waals surface area contributed by atoms with Crippen molar-refractivity contribution in [3.63, 3.8) is 0 Å². The number of amides is 1. The smallest absolute Gasteiger partial charge is 0.251 e. The molecule has 4 nitrogen and oxygen atoms in total. The molecular weight excluding hydrogens is 357 g/mol. The van der Waals surface area contributed by atoms with Gasteiger partial charge in [0.05, 0.1) is 0 Å². The summed E-state index contributed by atoms with van der Waals surface area (Å²) in [5.74, 6) is 0.0369. The fourth-order valence-electron chi connectivity index (χ4n) is 3.17. The molecule has 0 bridgehead atoms. The monoisotopic (exact) mass is 389 g/mol. The highest BCUT2D eigenvalue weighted by Crippen LogP contribution is 2.26. The second kappa shape index (κ2) is 11.6. The van der Waals surface area contributed by atoms with Gasteiger partial charge in [0.1, 0.15) is 0 Å². The summed E-state index contributed by atoms with van der Waals surface area (Å²) in [4.78, 5) is 14.7. The van der Waals surface area contributed by atoms with E-state index >= 15 is 0 Å². The molecule has 1 heterocycles. The van der Waals surface area contributed by atoms with Gasteiger partial charge in [-0.3, -0.25) is 4.79 Å². The van der Waals surface area contributed by atoms with Crippen LogP contribution in [0.1, 0.15) is 50.4 Å². The molecule has 6 heteroatoms. The van der Waals surface area contributed by atoms with Crippen molar-refractivity contribution in [2.45, 2.75) is 40.0 Å². The molecule has 0 atom stereocenters. The van der Waals surface area contributed by atoms with Crippen molar-refractivity contribution in [3.8, 4) is 0 Å². The maximum Gasteiger partial charge on any atom is 0.251 e. The van der Waals surface area contributed by atoms with Crippen LogP contribution in [0, 0.1) is 5.41 Å². The van der Waals surface area contributed by atoms with Gasteiger partial charge in [0, 0.05) is 30.9 Å². The van der Waals surface area contributed by atoms with E-state index < -0.39 is 0 Å². The molecule has 1 aliphatic rings. The molecule has 25 heavy (non-hydrogen) atoms. The molecule has 0 unspecified atom stereocenters. The molecular formula is C19H33Cl2N3O. The molecule has 0 radical (unpaired) electrons. The number of piperidine rings is 1. The Morgan fingerprint density at radius 2 is 1.76 bits per heavy atom. The fourth-order valence-corrected chi connectivity index (χ4v) is 3.17. The molecule has 1 aromatic carbocycles. The Labute approximate surface area is 164 Å². The van der Waals surface area contributed by atoms with Crippen LogP contribution in [-0.2, 0) is 0 Å². The molecule has 1 fully saturated rings. The third-order valence-electron chi connectivity index (χ3n) is 4.86. The van der Waals surface area contributed by atoms with E-state index in [0.29, 0.717) is 0 Å². The minimum absolute atomic E-state index is 0. The van der Waals surface area contributed by atoms with Crippen LogP contribution in [0.5, 0.6) is 0 Å². The zero-order valence-corrected chi connectivity index (χ0v) is 17.3. The minimum atomic E-state index is 0. The molecule has 144 valence electrons. The number of anilines is 1. The molecule has 0 aliphatic carbocycles. The summed E-state index contributed by atoms with van der Waals surface area (Å²) < 4.78 is 0. The summed E-state index contributed by atoms with van der Waals surface area (Å²) in [7, 11) is 0. The first-order valence-corrected chi connectivity index (χ1v) is 8.92. The first-order chi connectivity index (χ1) is 11.1. The maximum absolute atomic E-state index is 12.4. The van der Waals surface area contributed by atoms with Gasteiger partial charge in [0.15, 0.2) is 0 Å². The number of nitrogens with one attached hydrogen (secondary N) is 2. The number of hydrogen-bond donors (Lipinski definition) is 2. The van der Waals surface area contributed by atoms with Gasteiger partial charge in [-0.15, -0.1) is 24.8 Å². The predicted octanol–water partition coefficient (Wildman–Crippen LogP) is 3.89. The Morgan fingerprint density at radius 3 is 2.28 bits per heavy atom. The first-order valence-electron chi connectivity index (χ1n) is 8.92. The third kappa shape index (κ3) is 7.04. The van der Waals surface area contributed by atoms with Crippen LogP contribution < -0.4 is 15.5 Å². The minimum Gasteiger partial charge on any atom is -0.372 e. The number of carbonyl (C=O) groups is 1. The van der Waals surface area contributed by atoms with Crippen molar-refractivity contribution >= 4 is 36.4 Å². The van der Waals surface area contributed by atoms with Gasteiger partial charge in [0.2, 0.25) is 0 Å².